The number of rotatable bonds is 3. The highest BCUT2D eigenvalue weighted by Crippen LogP contribution is 2.55. The number of allylic oxidation sites excluding steroid dienone is 2. The summed E-state index contributed by atoms with van der Waals surface area (Å²) in [6.45, 7) is 33.0. The van der Waals surface area contributed by atoms with Crippen LogP contribution in [0, 0.1) is 63.5 Å². The standard InChI is InChI=1S/2C17H21N3O2.C17H19N3O2.CH5NO.3CH4/c1-9-13-6-5-12-15(19-10(2)20-16(12)21-4)17(13,3)7-11-8-18-22-14(9)11;2*1-9-12-7-6-11-15(19-10(2)20-16(11)22-5)17(12,3)8-13(18-4)14(9)21;1-2-3;;;/h8-9,13H,5-7H2,1-4H3;9,12-13H,6-8H2,1-3,5H3;8-9,12H,6-7H2,1-3,5H3;2-3H,1H3;3*1H4/t9-,13-,17-;9-,12-,13?,17-;9-,12-,17-;;;;/m000..../s1/i;;;;1T;;. The molecule has 1 fully saturated rings. The Hall–Kier alpha value is -6.17. The van der Waals surface area contributed by atoms with Crippen molar-refractivity contribution < 1.29 is 34.9 Å². The number of methoxy groups -OCH3 is 3. The Kier molecular flexibility index (Phi) is 17.9. The van der Waals surface area contributed by atoms with Crippen LogP contribution in [0.4, 0.5) is 0 Å². The normalized spacial score (nSPS) is 28.8. The number of ether oxygens (including phenoxy) is 3. The largest absolute Gasteiger partial charge is 0.481 e. The maximum Gasteiger partial charge on any atom is 0.282 e. The van der Waals surface area contributed by atoms with Crippen LogP contribution in [-0.2, 0) is 51.5 Å². The molecule has 0 radical (unpaired) electrons. The van der Waals surface area contributed by atoms with Gasteiger partial charge in [-0.15, -0.1) is 0 Å². The third kappa shape index (κ3) is 9.86. The lowest BCUT2D eigenvalue weighted by atomic mass is 9.55. The summed E-state index contributed by atoms with van der Waals surface area (Å²) >= 11 is 0. The third-order valence-electron chi connectivity index (χ3n) is 16.2. The number of carbonyl (C=O) groups excluding carboxylic acids is 2. The Bertz CT molecular complexity index is 2770. The van der Waals surface area contributed by atoms with Crippen molar-refractivity contribution >= 4 is 11.6 Å². The van der Waals surface area contributed by atoms with Crippen LogP contribution in [0.5, 0.6) is 17.6 Å². The number of nitrogens with zero attached hydrogens (tertiary/aromatic N) is 9. The number of aryl methyl sites for hydroxylation is 3. The van der Waals surface area contributed by atoms with E-state index in [1.807, 2.05) is 46.9 Å². The molecule has 2 N–H and O–H groups in total. The molecule has 10 rings (SSSR count). The topological polar surface area (TPSA) is 206 Å². The number of carbonyl (C=O) groups is 2. The van der Waals surface area contributed by atoms with Crippen LogP contribution in [0.3, 0.4) is 0 Å². The van der Waals surface area contributed by atoms with Crippen LogP contribution in [0.15, 0.2) is 22.5 Å². The molecule has 4 aromatic heterocycles. The van der Waals surface area contributed by atoms with Gasteiger partial charge in [0.1, 0.15) is 23.2 Å². The Balaban J connectivity index is 0.000000224. The number of fused-ring (bicyclic) bond motifs is 10. The monoisotopic (exact) mass is 993 g/mol. The first-order valence-corrected chi connectivity index (χ1v) is 23.8. The summed E-state index contributed by atoms with van der Waals surface area (Å²) in [6.07, 6.45) is 10.7. The number of hydrogen-bond donors (Lipinski definition) is 2. The molecular weight excluding hydrogens is 913 g/mol. The number of aromatic nitrogens is 7. The summed E-state index contributed by atoms with van der Waals surface area (Å²) in [6, 6.07) is -0.552. The molecule has 6 aliphatic rings. The summed E-state index contributed by atoms with van der Waals surface area (Å²) in [5.41, 5.74) is 8.82. The van der Waals surface area contributed by atoms with Crippen molar-refractivity contribution in [1.29, 1.82) is 0 Å². The zero-order valence-electron chi connectivity index (χ0n) is 44.3. The second-order valence-corrected chi connectivity index (χ2v) is 20.1. The van der Waals surface area contributed by atoms with E-state index in [0.29, 0.717) is 41.7 Å². The van der Waals surface area contributed by atoms with E-state index < -0.39 is 11.5 Å². The van der Waals surface area contributed by atoms with E-state index in [4.69, 9.17) is 48.4 Å². The van der Waals surface area contributed by atoms with Crippen molar-refractivity contribution in [1.82, 2.24) is 40.5 Å². The molecule has 1 unspecified atom stereocenters. The van der Waals surface area contributed by atoms with Crippen LogP contribution in [0.2, 0.25) is 0 Å². The van der Waals surface area contributed by atoms with Gasteiger partial charge in [-0.3, -0.25) is 4.79 Å². The van der Waals surface area contributed by atoms with E-state index in [9.17, 15) is 9.59 Å². The first-order valence-electron chi connectivity index (χ1n) is 24.8. The fourth-order valence-electron chi connectivity index (χ4n) is 13.0. The van der Waals surface area contributed by atoms with Crippen LogP contribution in [-0.4, -0.2) is 86.3 Å². The zero-order valence-corrected chi connectivity index (χ0v) is 43.3. The van der Waals surface area contributed by atoms with Crippen molar-refractivity contribution in [3.8, 4) is 17.6 Å². The van der Waals surface area contributed by atoms with E-state index in [1.165, 1.54) is 25.6 Å². The molecule has 0 aliphatic heterocycles. The van der Waals surface area contributed by atoms with E-state index >= 15 is 0 Å². The van der Waals surface area contributed by atoms with E-state index in [1.54, 1.807) is 26.8 Å². The number of hydrogen-bond acceptors (Lipinski definition) is 15. The third-order valence-corrected chi connectivity index (χ3v) is 16.2. The molecule has 0 saturated heterocycles. The molecule has 6 aliphatic carbocycles. The lowest BCUT2D eigenvalue weighted by Gasteiger charge is -2.47. The average Bonchev–Trinajstić information content (AvgIpc) is 3.83. The lowest BCUT2D eigenvalue weighted by molar-refractivity contribution is -0.129. The maximum absolute atomic E-state index is 12.4. The second-order valence-electron chi connectivity index (χ2n) is 20.1. The maximum atomic E-state index is 12.4. The minimum absolute atomic E-state index is 0. The number of nitrogens with one attached hydrogen (secondary N) is 1. The van der Waals surface area contributed by atoms with Gasteiger partial charge in [-0.1, -0.05) is 75.0 Å². The Morgan fingerprint density at radius 2 is 1.17 bits per heavy atom. The summed E-state index contributed by atoms with van der Waals surface area (Å²) < 4.78 is 27.6. The van der Waals surface area contributed by atoms with Gasteiger partial charge in [-0.05, 0) is 83.5 Å². The smallest absolute Gasteiger partial charge is 0.282 e. The van der Waals surface area contributed by atoms with Gasteiger partial charge in [0.05, 0.1) is 51.2 Å². The van der Waals surface area contributed by atoms with Gasteiger partial charge >= 0.3 is 0 Å². The molecule has 0 amide bonds. The fraction of sp³-hybridized carbons (Fsp3) is 0.618. The first kappa shape index (κ1) is 56.7. The number of ketones is 2. The Morgan fingerprint density at radius 1 is 0.722 bits per heavy atom. The van der Waals surface area contributed by atoms with Crippen molar-refractivity contribution in [2.75, 3.05) is 28.4 Å². The molecule has 1 saturated carbocycles. The summed E-state index contributed by atoms with van der Waals surface area (Å²) in [5, 5.41) is 11.3. The SMILES string of the molecule is C.C.CNO.COc1nc(C)nc2c1CC[C@H]1[C@H](C)c3oncc3C[C@]21C.[3H]C.[C-]#[N+]C1=C[C@]2(C)c3nc(C)nc(OC)c3CC[C@H]2[C@H](C)C1=O.[C-]#[N+]C1C[C@]2(C)c3nc(C)nc(OC)c3CC[C@H]2[C@H](C)C1=O. The Morgan fingerprint density at radius 3 is 1.64 bits per heavy atom. The minimum atomic E-state index is -0.552. The molecule has 4 aromatic rings. The van der Waals surface area contributed by atoms with E-state index in [0.717, 1.165) is 90.6 Å². The fourth-order valence-corrected chi connectivity index (χ4v) is 13.0. The molecular formula is C55H78N10O7. The van der Waals surface area contributed by atoms with Gasteiger partial charge in [0, 0.05) is 71.1 Å². The molecule has 4 heterocycles. The second kappa shape index (κ2) is 22.7. The summed E-state index contributed by atoms with van der Waals surface area (Å²) in [5.74, 6) is 6.26. The van der Waals surface area contributed by atoms with Gasteiger partial charge < -0.3 is 33.6 Å². The molecule has 17 heteroatoms. The highest BCUT2D eigenvalue weighted by molar-refractivity contribution is 6.00. The molecule has 390 valence electrons. The van der Waals surface area contributed by atoms with Crippen molar-refractivity contribution in [2.24, 2.45) is 29.6 Å². The van der Waals surface area contributed by atoms with Gasteiger partial charge in [-0.2, -0.15) is 15.0 Å². The summed E-state index contributed by atoms with van der Waals surface area (Å²) in [4.78, 5) is 59.1. The van der Waals surface area contributed by atoms with Gasteiger partial charge in [0.2, 0.25) is 29.1 Å². The van der Waals surface area contributed by atoms with Crippen molar-refractivity contribution in [3.05, 3.63) is 103 Å². The van der Waals surface area contributed by atoms with Crippen LogP contribution in [0.25, 0.3) is 9.69 Å². The van der Waals surface area contributed by atoms with Crippen LogP contribution >= 0.6 is 0 Å². The van der Waals surface area contributed by atoms with Gasteiger partial charge in [-0.25, -0.2) is 31.8 Å². The van der Waals surface area contributed by atoms with Crippen LogP contribution in [0.1, 0.15) is 159 Å². The zero-order chi connectivity index (χ0) is 52.3. The molecule has 0 bridgehead atoms. The predicted octanol–water partition coefficient (Wildman–Crippen LogP) is 9.61. The minimum Gasteiger partial charge on any atom is -0.481 e. The van der Waals surface area contributed by atoms with Crippen molar-refractivity contribution in [2.45, 2.75) is 164 Å². The van der Waals surface area contributed by atoms with Crippen molar-refractivity contribution in [3.63, 3.8) is 0 Å². The number of hydroxylamine groups is 1. The highest BCUT2D eigenvalue weighted by atomic mass is 16.5. The molecule has 72 heavy (non-hydrogen) atoms. The molecule has 0 spiro atoms. The molecule has 0 aromatic carbocycles. The quantitative estimate of drug-likeness (QED) is 0.145. The Labute approximate surface area is 428 Å². The molecule has 10 atom stereocenters. The number of Topliss-reactive ketones (excluding diaryl/α,β-unsaturated/α-hetero) is 2. The molecule has 17 nitrogen and oxygen atoms in total. The average molecular weight is 993 g/mol. The summed E-state index contributed by atoms with van der Waals surface area (Å²) in [7, 11) is 7.62. The van der Waals surface area contributed by atoms with Gasteiger partial charge in [0.25, 0.3) is 6.04 Å². The van der Waals surface area contributed by atoms with Crippen LogP contribution < -0.4 is 19.7 Å². The first-order chi connectivity index (χ1) is 33.8. The predicted molar refractivity (Wildman–Crippen MR) is 275 cm³/mol. The van der Waals surface area contributed by atoms with E-state index in [2.05, 4.69) is 62.5 Å². The highest BCUT2D eigenvalue weighted by Gasteiger charge is 2.56. The lowest BCUT2D eigenvalue weighted by Crippen LogP contribution is -2.52. The van der Waals surface area contributed by atoms with E-state index in [-0.39, 0.29) is 66.6 Å². The van der Waals surface area contributed by atoms with Gasteiger partial charge in [0.15, 0.2) is 5.78 Å².